The lowest BCUT2D eigenvalue weighted by atomic mass is 9.95. The largest absolute Gasteiger partial charge is 0.367 e. The summed E-state index contributed by atoms with van der Waals surface area (Å²) >= 11 is 0. The Morgan fingerprint density at radius 3 is 2.50 bits per heavy atom. The molecule has 1 unspecified atom stereocenters. The first-order chi connectivity index (χ1) is 9.40. The van der Waals surface area contributed by atoms with Crippen LogP contribution in [0.2, 0.25) is 0 Å². The molecule has 0 bridgehead atoms. The van der Waals surface area contributed by atoms with Crippen LogP contribution < -0.4 is 0 Å². The van der Waals surface area contributed by atoms with Crippen LogP contribution in [0.4, 0.5) is 0 Å². The molecule has 1 aliphatic rings. The van der Waals surface area contributed by atoms with Crippen LogP contribution >= 0.6 is 0 Å². The van der Waals surface area contributed by atoms with E-state index in [2.05, 4.69) is 31.7 Å². The number of benzene rings is 1. The predicted octanol–water partition coefficient (Wildman–Crippen LogP) is 2.90. The second-order valence-corrected chi connectivity index (χ2v) is 6.06. The van der Waals surface area contributed by atoms with E-state index >= 15 is 0 Å². The fourth-order valence-corrected chi connectivity index (χ4v) is 2.70. The van der Waals surface area contributed by atoms with Crippen molar-refractivity contribution in [1.82, 2.24) is 4.90 Å². The van der Waals surface area contributed by atoms with Gasteiger partial charge < -0.3 is 4.74 Å². The topological polar surface area (TPSA) is 29.5 Å². The van der Waals surface area contributed by atoms with Crippen LogP contribution in [-0.2, 0) is 4.74 Å². The van der Waals surface area contributed by atoms with Crippen molar-refractivity contribution in [2.24, 2.45) is 0 Å². The number of Topliss-reactive ketones (excluding diaryl/α,β-unsaturated/α-hetero) is 1. The Morgan fingerprint density at radius 1 is 1.20 bits per heavy atom. The zero-order valence-electron chi connectivity index (χ0n) is 13.2. The highest BCUT2D eigenvalue weighted by atomic mass is 16.5. The molecule has 0 saturated carbocycles. The van der Waals surface area contributed by atoms with E-state index < -0.39 is 0 Å². The van der Waals surface area contributed by atoms with Gasteiger partial charge in [0, 0.05) is 24.7 Å². The smallest absolute Gasteiger partial charge is 0.193 e. The molecule has 1 saturated heterocycles. The maximum Gasteiger partial charge on any atom is 0.193 e. The normalized spacial score (nSPS) is 20.4. The maximum atomic E-state index is 12.7. The highest BCUT2D eigenvalue weighted by Gasteiger charge is 2.29. The Labute approximate surface area is 121 Å². The van der Waals surface area contributed by atoms with E-state index in [9.17, 15) is 4.79 Å². The van der Waals surface area contributed by atoms with E-state index in [4.69, 9.17) is 4.74 Å². The van der Waals surface area contributed by atoms with Crippen LogP contribution in [0.1, 0.15) is 40.9 Å². The average molecular weight is 275 g/mol. The van der Waals surface area contributed by atoms with Gasteiger partial charge in [-0.1, -0.05) is 6.07 Å². The van der Waals surface area contributed by atoms with E-state index in [0.717, 1.165) is 23.2 Å². The second-order valence-electron chi connectivity index (χ2n) is 6.06. The number of hydrogen-bond donors (Lipinski definition) is 0. The third kappa shape index (κ3) is 3.10. The second kappa shape index (κ2) is 6.06. The number of carbonyl (C=O) groups excluding carboxylic acids is 1. The maximum absolute atomic E-state index is 12.7. The van der Waals surface area contributed by atoms with E-state index in [-0.39, 0.29) is 11.9 Å². The molecule has 0 radical (unpaired) electrons. The summed E-state index contributed by atoms with van der Waals surface area (Å²) in [6, 6.07) is 4.55. The van der Waals surface area contributed by atoms with Gasteiger partial charge in [0.05, 0.1) is 6.61 Å². The van der Waals surface area contributed by atoms with Gasteiger partial charge in [0.2, 0.25) is 0 Å². The summed E-state index contributed by atoms with van der Waals surface area (Å²) in [4.78, 5) is 15.0. The van der Waals surface area contributed by atoms with E-state index in [1.807, 2.05) is 19.9 Å². The number of carbonyl (C=O) groups is 1. The van der Waals surface area contributed by atoms with E-state index in [0.29, 0.717) is 19.2 Å². The number of morpholine rings is 1. The molecular weight excluding hydrogens is 250 g/mol. The third-order valence-corrected chi connectivity index (χ3v) is 4.23. The van der Waals surface area contributed by atoms with Crippen molar-refractivity contribution in [3.05, 3.63) is 34.4 Å². The number of nitrogens with zero attached hydrogens (tertiary/aromatic N) is 1. The molecule has 3 heteroatoms. The SMILES string of the molecule is Cc1cc(C)c(C(=O)C2CN(C(C)C)CCO2)cc1C. The summed E-state index contributed by atoms with van der Waals surface area (Å²) in [7, 11) is 0. The number of hydrogen-bond acceptors (Lipinski definition) is 3. The van der Waals surface area contributed by atoms with Crippen LogP contribution in [0.15, 0.2) is 12.1 Å². The summed E-state index contributed by atoms with van der Waals surface area (Å²) in [5.41, 5.74) is 4.25. The molecule has 0 N–H and O–H groups in total. The lowest BCUT2D eigenvalue weighted by Crippen LogP contribution is -2.48. The molecule has 1 fully saturated rings. The lowest BCUT2D eigenvalue weighted by Gasteiger charge is -2.35. The molecule has 2 rings (SSSR count). The van der Waals surface area contributed by atoms with Gasteiger partial charge in [0.15, 0.2) is 5.78 Å². The fourth-order valence-electron chi connectivity index (χ4n) is 2.70. The van der Waals surface area contributed by atoms with Gasteiger partial charge in [-0.15, -0.1) is 0 Å². The first-order valence-corrected chi connectivity index (χ1v) is 7.38. The quantitative estimate of drug-likeness (QED) is 0.794. The van der Waals surface area contributed by atoms with Crippen molar-refractivity contribution >= 4 is 5.78 Å². The van der Waals surface area contributed by atoms with Crippen molar-refractivity contribution in [2.45, 2.75) is 46.8 Å². The molecule has 0 aliphatic carbocycles. The molecular formula is C17H25NO2. The van der Waals surface area contributed by atoms with E-state index in [1.54, 1.807) is 0 Å². The van der Waals surface area contributed by atoms with Gasteiger partial charge in [-0.3, -0.25) is 9.69 Å². The van der Waals surface area contributed by atoms with Gasteiger partial charge in [-0.05, 0) is 57.4 Å². The molecule has 1 atom stereocenters. The monoisotopic (exact) mass is 275 g/mol. The van der Waals surface area contributed by atoms with E-state index in [1.165, 1.54) is 5.56 Å². The summed E-state index contributed by atoms with van der Waals surface area (Å²) < 4.78 is 5.71. The number of aryl methyl sites for hydroxylation is 3. The molecule has 0 spiro atoms. The highest BCUT2D eigenvalue weighted by Crippen LogP contribution is 2.20. The minimum atomic E-state index is -0.327. The fraction of sp³-hybridized carbons (Fsp3) is 0.588. The van der Waals surface area contributed by atoms with Crippen LogP contribution in [0.3, 0.4) is 0 Å². The Balaban J connectivity index is 2.21. The van der Waals surface area contributed by atoms with Crippen LogP contribution in [0.25, 0.3) is 0 Å². The molecule has 1 aromatic carbocycles. The number of ketones is 1. The van der Waals surface area contributed by atoms with Gasteiger partial charge in [0.25, 0.3) is 0 Å². The van der Waals surface area contributed by atoms with Crippen molar-refractivity contribution < 1.29 is 9.53 Å². The standard InChI is InChI=1S/C17H25NO2/c1-11(2)18-6-7-20-16(10-18)17(19)15-9-13(4)12(3)8-14(15)5/h8-9,11,16H,6-7,10H2,1-5H3. The third-order valence-electron chi connectivity index (χ3n) is 4.23. The molecule has 20 heavy (non-hydrogen) atoms. The van der Waals surface area contributed by atoms with Crippen molar-refractivity contribution in [2.75, 3.05) is 19.7 Å². The molecule has 1 heterocycles. The van der Waals surface area contributed by atoms with Crippen LogP contribution in [0, 0.1) is 20.8 Å². The first-order valence-electron chi connectivity index (χ1n) is 7.38. The van der Waals surface area contributed by atoms with Gasteiger partial charge in [-0.2, -0.15) is 0 Å². The average Bonchev–Trinajstić information content (AvgIpc) is 2.42. The zero-order valence-corrected chi connectivity index (χ0v) is 13.2. The van der Waals surface area contributed by atoms with Crippen molar-refractivity contribution in [1.29, 1.82) is 0 Å². The van der Waals surface area contributed by atoms with Crippen LogP contribution in [0.5, 0.6) is 0 Å². The minimum absolute atomic E-state index is 0.121. The number of ether oxygens (including phenoxy) is 1. The Hall–Kier alpha value is -1.19. The minimum Gasteiger partial charge on any atom is -0.367 e. The molecule has 1 aromatic rings. The summed E-state index contributed by atoms with van der Waals surface area (Å²) in [6.07, 6.45) is -0.327. The Kier molecular flexibility index (Phi) is 4.61. The molecule has 1 aliphatic heterocycles. The Morgan fingerprint density at radius 2 is 1.85 bits per heavy atom. The molecule has 0 aromatic heterocycles. The summed E-state index contributed by atoms with van der Waals surface area (Å²) in [5.74, 6) is 0.121. The predicted molar refractivity (Wildman–Crippen MR) is 81.4 cm³/mol. The molecule has 0 amide bonds. The Bertz CT molecular complexity index is 508. The summed E-state index contributed by atoms with van der Waals surface area (Å²) in [6.45, 7) is 12.7. The molecule has 3 nitrogen and oxygen atoms in total. The first kappa shape index (κ1) is 15.2. The van der Waals surface area contributed by atoms with Gasteiger partial charge in [-0.25, -0.2) is 0 Å². The summed E-state index contributed by atoms with van der Waals surface area (Å²) in [5, 5.41) is 0. The lowest BCUT2D eigenvalue weighted by molar-refractivity contribution is -0.0256. The van der Waals surface area contributed by atoms with Gasteiger partial charge >= 0.3 is 0 Å². The van der Waals surface area contributed by atoms with Crippen LogP contribution in [-0.4, -0.2) is 42.5 Å². The highest BCUT2D eigenvalue weighted by molar-refractivity contribution is 6.01. The number of rotatable bonds is 3. The zero-order chi connectivity index (χ0) is 14.9. The van der Waals surface area contributed by atoms with Crippen molar-refractivity contribution in [3.63, 3.8) is 0 Å². The molecule has 110 valence electrons. The van der Waals surface area contributed by atoms with Gasteiger partial charge in [0.1, 0.15) is 6.10 Å². The van der Waals surface area contributed by atoms with Crippen molar-refractivity contribution in [3.8, 4) is 0 Å².